The predicted octanol–water partition coefficient (Wildman–Crippen LogP) is 0.642. The zero-order valence-electron chi connectivity index (χ0n) is 8.02. The SMILES string of the molecule is O=C1CCN(Cc2ccncn2)CC1. The Bertz CT molecular complexity index is 302. The zero-order chi connectivity index (χ0) is 9.80. The van der Waals surface area contributed by atoms with Gasteiger partial charge < -0.3 is 0 Å². The normalized spacial score (nSPS) is 18.4. The first-order chi connectivity index (χ1) is 6.84. The van der Waals surface area contributed by atoms with Crippen LogP contribution >= 0.6 is 0 Å². The van der Waals surface area contributed by atoms with Crippen molar-refractivity contribution in [3.8, 4) is 0 Å². The van der Waals surface area contributed by atoms with Crippen LogP contribution in [0, 0.1) is 0 Å². The summed E-state index contributed by atoms with van der Waals surface area (Å²) in [5.41, 5.74) is 1.02. The summed E-state index contributed by atoms with van der Waals surface area (Å²) in [5.74, 6) is 0.379. The van der Waals surface area contributed by atoms with Gasteiger partial charge in [0, 0.05) is 38.7 Å². The van der Waals surface area contributed by atoms with Gasteiger partial charge in [-0.1, -0.05) is 0 Å². The van der Waals surface area contributed by atoms with Gasteiger partial charge in [-0.15, -0.1) is 0 Å². The number of ketones is 1. The molecule has 0 spiro atoms. The number of rotatable bonds is 2. The van der Waals surface area contributed by atoms with Gasteiger partial charge in [0.05, 0.1) is 5.69 Å². The fraction of sp³-hybridized carbons (Fsp3) is 0.500. The number of hydrogen-bond acceptors (Lipinski definition) is 4. The second-order valence-electron chi connectivity index (χ2n) is 3.52. The molecule has 0 N–H and O–H groups in total. The molecule has 0 amide bonds. The largest absolute Gasteiger partial charge is 0.300 e. The standard InChI is InChI=1S/C10H13N3O/c14-10-2-5-13(6-3-10)7-9-1-4-11-8-12-9/h1,4,8H,2-3,5-7H2. The van der Waals surface area contributed by atoms with Crippen molar-refractivity contribution < 1.29 is 4.79 Å². The Kier molecular flexibility index (Phi) is 2.84. The zero-order valence-corrected chi connectivity index (χ0v) is 8.02. The molecule has 1 aromatic heterocycles. The average Bonchev–Trinajstić information content (AvgIpc) is 2.23. The number of nitrogens with zero attached hydrogens (tertiary/aromatic N) is 3. The Morgan fingerprint density at radius 1 is 1.36 bits per heavy atom. The van der Waals surface area contributed by atoms with Gasteiger partial charge in [0.25, 0.3) is 0 Å². The molecule has 1 fully saturated rings. The molecule has 1 saturated heterocycles. The van der Waals surface area contributed by atoms with E-state index in [1.807, 2.05) is 6.07 Å². The molecule has 1 aliphatic heterocycles. The lowest BCUT2D eigenvalue weighted by molar-refractivity contribution is -0.121. The Labute approximate surface area is 83.0 Å². The summed E-state index contributed by atoms with van der Waals surface area (Å²) in [6.45, 7) is 2.56. The second kappa shape index (κ2) is 4.28. The van der Waals surface area contributed by atoms with Gasteiger partial charge in [-0.3, -0.25) is 9.69 Å². The number of piperidine rings is 1. The van der Waals surface area contributed by atoms with Crippen LogP contribution in [-0.4, -0.2) is 33.7 Å². The summed E-state index contributed by atoms with van der Waals surface area (Å²) in [6.07, 6.45) is 4.68. The van der Waals surface area contributed by atoms with Crippen LogP contribution in [-0.2, 0) is 11.3 Å². The lowest BCUT2D eigenvalue weighted by atomic mass is 10.1. The first-order valence-electron chi connectivity index (χ1n) is 4.83. The molecule has 2 heterocycles. The van der Waals surface area contributed by atoms with Gasteiger partial charge in [-0.25, -0.2) is 9.97 Å². The van der Waals surface area contributed by atoms with E-state index >= 15 is 0 Å². The van der Waals surface area contributed by atoms with Gasteiger partial charge >= 0.3 is 0 Å². The monoisotopic (exact) mass is 191 g/mol. The van der Waals surface area contributed by atoms with Crippen molar-refractivity contribution in [2.24, 2.45) is 0 Å². The van der Waals surface area contributed by atoms with Crippen molar-refractivity contribution in [3.63, 3.8) is 0 Å². The average molecular weight is 191 g/mol. The highest BCUT2D eigenvalue weighted by molar-refractivity contribution is 5.79. The van der Waals surface area contributed by atoms with Crippen LogP contribution in [0.2, 0.25) is 0 Å². The third kappa shape index (κ3) is 2.35. The molecule has 2 rings (SSSR count). The van der Waals surface area contributed by atoms with Gasteiger partial charge in [0.15, 0.2) is 0 Å². The molecule has 14 heavy (non-hydrogen) atoms. The molecule has 1 aromatic rings. The highest BCUT2D eigenvalue weighted by atomic mass is 16.1. The van der Waals surface area contributed by atoms with Crippen LogP contribution in [0.5, 0.6) is 0 Å². The summed E-state index contributed by atoms with van der Waals surface area (Å²) in [4.78, 5) is 21.3. The molecule has 0 bridgehead atoms. The third-order valence-electron chi connectivity index (χ3n) is 2.44. The molecule has 1 aliphatic rings. The number of carbonyl (C=O) groups is 1. The van der Waals surface area contributed by atoms with E-state index in [1.54, 1.807) is 12.5 Å². The number of likely N-dealkylation sites (tertiary alicyclic amines) is 1. The van der Waals surface area contributed by atoms with Gasteiger partial charge in [0.1, 0.15) is 12.1 Å². The van der Waals surface area contributed by atoms with Crippen molar-refractivity contribution in [2.75, 3.05) is 13.1 Å². The minimum Gasteiger partial charge on any atom is -0.300 e. The van der Waals surface area contributed by atoms with Crippen LogP contribution < -0.4 is 0 Å². The van der Waals surface area contributed by atoms with E-state index in [0.29, 0.717) is 18.6 Å². The van der Waals surface area contributed by atoms with Crippen molar-refractivity contribution in [2.45, 2.75) is 19.4 Å². The van der Waals surface area contributed by atoms with Crippen molar-refractivity contribution >= 4 is 5.78 Å². The molecular weight excluding hydrogens is 178 g/mol. The molecular formula is C10H13N3O. The molecule has 0 saturated carbocycles. The Morgan fingerprint density at radius 3 is 2.79 bits per heavy atom. The van der Waals surface area contributed by atoms with E-state index in [9.17, 15) is 4.79 Å². The fourth-order valence-electron chi connectivity index (χ4n) is 1.60. The molecule has 0 radical (unpaired) electrons. The fourth-order valence-corrected chi connectivity index (χ4v) is 1.60. The molecule has 4 heteroatoms. The number of Topliss-reactive ketones (excluding diaryl/α,β-unsaturated/α-hetero) is 1. The summed E-state index contributed by atoms with van der Waals surface area (Å²) in [7, 11) is 0. The quantitative estimate of drug-likeness (QED) is 0.688. The molecule has 0 unspecified atom stereocenters. The minimum absolute atomic E-state index is 0.379. The topological polar surface area (TPSA) is 46.1 Å². The maximum absolute atomic E-state index is 11.0. The molecule has 74 valence electrons. The van der Waals surface area contributed by atoms with E-state index in [-0.39, 0.29) is 0 Å². The lowest BCUT2D eigenvalue weighted by Crippen LogP contribution is -2.33. The second-order valence-corrected chi connectivity index (χ2v) is 3.52. The number of carbonyl (C=O) groups excluding carboxylic acids is 1. The molecule has 0 aliphatic carbocycles. The summed E-state index contributed by atoms with van der Waals surface area (Å²) >= 11 is 0. The maximum Gasteiger partial charge on any atom is 0.135 e. The minimum atomic E-state index is 0.379. The van der Waals surface area contributed by atoms with Crippen molar-refractivity contribution in [1.82, 2.24) is 14.9 Å². The van der Waals surface area contributed by atoms with Gasteiger partial charge in [-0.05, 0) is 6.07 Å². The van der Waals surface area contributed by atoms with E-state index in [2.05, 4.69) is 14.9 Å². The van der Waals surface area contributed by atoms with Crippen LogP contribution in [0.25, 0.3) is 0 Å². The van der Waals surface area contributed by atoms with E-state index < -0.39 is 0 Å². The van der Waals surface area contributed by atoms with Crippen LogP contribution in [0.15, 0.2) is 18.6 Å². The maximum atomic E-state index is 11.0. The molecule has 0 aromatic carbocycles. The smallest absolute Gasteiger partial charge is 0.135 e. The molecule has 4 nitrogen and oxygen atoms in total. The van der Waals surface area contributed by atoms with Crippen LogP contribution in [0.3, 0.4) is 0 Å². The van der Waals surface area contributed by atoms with E-state index in [4.69, 9.17) is 0 Å². The van der Waals surface area contributed by atoms with Gasteiger partial charge in [0.2, 0.25) is 0 Å². The number of aromatic nitrogens is 2. The lowest BCUT2D eigenvalue weighted by Gasteiger charge is -2.25. The summed E-state index contributed by atoms with van der Waals surface area (Å²) in [6, 6.07) is 1.91. The van der Waals surface area contributed by atoms with Crippen LogP contribution in [0.4, 0.5) is 0 Å². The van der Waals surface area contributed by atoms with Crippen LogP contribution in [0.1, 0.15) is 18.5 Å². The van der Waals surface area contributed by atoms with E-state index in [0.717, 1.165) is 25.3 Å². The first-order valence-corrected chi connectivity index (χ1v) is 4.83. The Hall–Kier alpha value is -1.29. The predicted molar refractivity (Wildman–Crippen MR) is 51.6 cm³/mol. The Morgan fingerprint density at radius 2 is 2.14 bits per heavy atom. The first kappa shape index (κ1) is 9.27. The van der Waals surface area contributed by atoms with Crippen molar-refractivity contribution in [3.05, 3.63) is 24.3 Å². The third-order valence-corrected chi connectivity index (χ3v) is 2.44. The Balaban J connectivity index is 1.89. The van der Waals surface area contributed by atoms with Crippen molar-refractivity contribution in [1.29, 1.82) is 0 Å². The summed E-state index contributed by atoms with van der Waals surface area (Å²) in [5, 5.41) is 0. The number of hydrogen-bond donors (Lipinski definition) is 0. The van der Waals surface area contributed by atoms with E-state index in [1.165, 1.54) is 0 Å². The highest BCUT2D eigenvalue weighted by Gasteiger charge is 2.15. The van der Waals surface area contributed by atoms with Gasteiger partial charge in [-0.2, -0.15) is 0 Å². The summed E-state index contributed by atoms with van der Waals surface area (Å²) < 4.78 is 0. The molecule has 0 atom stereocenters. The highest BCUT2D eigenvalue weighted by Crippen LogP contribution is 2.08.